The van der Waals surface area contributed by atoms with E-state index < -0.39 is 0 Å². The van der Waals surface area contributed by atoms with Gasteiger partial charge in [-0.05, 0) is 19.3 Å². The van der Waals surface area contributed by atoms with Crippen molar-refractivity contribution in [2.45, 2.75) is 25.4 Å². The Morgan fingerprint density at radius 2 is 2.42 bits per heavy atom. The molecule has 64 valence electrons. The summed E-state index contributed by atoms with van der Waals surface area (Å²) in [6.45, 7) is 0. The minimum Gasteiger partial charge on any atom is -0.272 e. The lowest BCUT2D eigenvalue weighted by atomic mass is 9.80. The van der Waals surface area contributed by atoms with Crippen molar-refractivity contribution in [2.75, 3.05) is 0 Å². The first-order chi connectivity index (χ1) is 5.81. The Morgan fingerprint density at radius 3 is 3.17 bits per heavy atom. The fourth-order valence-electron chi connectivity index (χ4n) is 1.89. The smallest absolute Gasteiger partial charge is 0.249 e. The van der Waals surface area contributed by atoms with Crippen LogP contribution in [0.5, 0.6) is 0 Å². The number of carbonyl (C=O) groups excluding carboxylic acids is 1. The zero-order chi connectivity index (χ0) is 8.55. The minimum atomic E-state index is -0.0802. The molecule has 2 aliphatic rings. The van der Waals surface area contributed by atoms with Crippen LogP contribution in [0.4, 0.5) is 0 Å². The van der Waals surface area contributed by atoms with E-state index in [0.29, 0.717) is 6.42 Å². The SMILES string of the molecule is N#CC1CCC2ONC(=O)C2C1. The summed E-state index contributed by atoms with van der Waals surface area (Å²) >= 11 is 0. The summed E-state index contributed by atoms with van der Waals surface area (Å²) in [5.74, 6) is -0.0953. The van der Waals surface area contributed by atoms with Gasteiger partial charge in [0.2, 0.25) is 5.91 Å². The van der Waals surface area contributed by atoms with E-state index in [9.17, 15) is 4.79 Å². The number of hydrogen-bond donors (Lipinski definition) is 1. The highest BCUT2D eigenvalue weighted by Crippen LogP contribution is 2.33. The van der Waals surface area contributed by atoms with E-state index in [4.69, 9.17) is 10.1 Å². The fraction of sp³-hybridized carbons (Fsp3) is 0.750. The van der Waals surface area contributed by atoms with Gasteiger partial charge < -0.3 is 0 Å². The van der Waals surface area contributed by atoms with E-state index in [1.54, 1.807) is 0 Å². The van der Waals surface area contributed by atoms with Gasteiger partial charge in [-0.3, -0.25) is 9.63 Å². The van der Waals surface area contributed by atoms with Gasteiger partial charge in [0, 0.05) is 5.92 Å². The van der Waals surface area contributed by atoms with Crippen LogP contribution in [-0.2, 0) is 9.63 Å². The summed E-state index contributed by atoms with van der Waals surface area (Å²) in [7, 11) is 0. The van der Waals surface area contributed by atoms with Crippen LogP contribution in [0.15, 0.2) is 0 Å². The van der Waals surface area contributed by atoms with Gasteiger partial charge in [0.15, 0.2) is 0 Å². The molecule has 1 N–H and O–H groups in total. The molecule has 4 heteroatoms. The quantitative estimate of drug-likeness (QED) is 0.565. The average Bonchev–Trinajstić information content (AvgIpc) is 2.47. The van der Waals surface area contributed by atoms with Gasteiger partial charge in [-0.2, -0.15) is 5.26 Å². The fourth-order valence-corrected chi connectivity index (χ4v) is 1.89. The van der Waals surface area contributed by atoms with Crippen molar-refractivity contribution in [2.24, 2.45) is 11.8 Å². The molecule has 0 aromatic rings. The number of fused-ring (bicyclic) bond motifs is 1. The van der Waals surface area contributed by atoms with E-state index in [1.807, 2.05) is 0 Å². The van der Waals surface area contributed by atoms with Gasteiger partial charge in [-0.1, -0.05) is 0 Å². The maximum Gasteiger partial charge on any atom is 0.249 e. The first-order valence-corrected chi connectivity index (χ1v) is 4.16. The first kappa shape index (κ1) is 7.56. The maximum atomic E-state index is 11.1. The van der Waals surface area contributed by atoms with Crippen LogP contribution < -0.4 is 5.48 Å². The molecule has 4 nitrogen and oxygen atoms in total. The lowest BCUT2D eigenvalue weighted by Crippen LogP contribution is -2.29. The average molecular weight is 166 g/mol. The van der Waals surface area contributed by atoms with Crippen molar-refractivity contribution in [3.8, 4) is 6.07 Å². The predicted octanol–water partition coefficient (Wildman–Crippen LogP) is 0.356. The monoisotopic (exact) mass is 166 g/mol. The third kappa shape index (κ3) is 1.07. The zero-order valence-electron chi connectivity index (χ0n) is 6.62. The molecule has 1 saturated heterocycles. The van der Waals surface area contributed by atoms with Gasteiger partial charge in [0.25, 0.3) is 0 Å². The molecule has 0 spiro atoms. The molecule has 0 bridgehead atoms. The number of amides is 1. The van der Waals surface area contributed by atoms with E-state index in [2.05, 4.69) is 11.5 Å². The molecule has 2 rings (SSSR count). The van der Waals surface area contributed by atoms with Crippen molar-refractivity contribution >= 4 is 5.91 Å². The second-order valence-electron chi connectivity index (χ2n) is 3.37. The van der Waals surface area contributed by atoms with Crippen molar-refractivity contribution in [1.29, 1.82) is 5.26 Å². The Hall–Kier alpha value is -1.08. The number of hydroxylamine groups is 1. The highest BCUT2D eigenvalue weighted by atomic mass is 16.7. The maximum absolute atomic E-state index is 11.1. The third-order valence-electron chi connectivity index (χ3n) is 2.62. The Labute approximate surface area is 70.5 Å². The van der Waals surface area contributed by atoms with E-state index in [0.717, 1.165) is 12.8 Å². The van der Waals surface area contributed by atoms with Gasteiger partial charge in [0.05, 0.1) is 18.1 Å². The number of nitriles is 1. The Bertz CT molecular complexity index is 246. The molecule has 1 heterocycles. The molecule has 0 aromatic heterocycles. The number of nitrogens with one attached hydrogen (secondary N) is 1. The Kier molecular flexibility index (Phi) is 1.74. The van der Waals surface area contributed by atoms with Gasteiger partial charge in [-0.25, -0.2) is 5.48 Å². The van der Waals surface area contributed by atoms with Crippen LogP contribution in [0.2, 0.25) is 0 Å². The van der Waals surface area contributed by atoms with Gasteiger partial charge >= 0.3 is 0 Å². The highest BCUT2D eigenvalue weighted by molar-refractivity contribution is 5.79. The van der Waals surface area contributed by atoms with E-state index in [-0.39, 0.29) is 23.8 Å². The highest BCUT2D eigenvalue weighted by Gasteiger charge is 2.41. The molecule has 2 fully saturated rings. The van der Waals surface area contributed by atoms with E-state index in [1.165, 1.54) is 0 Å². The van der Waals surface area contributed by atoms with Crippen LogP contribution >= 0.6 is 0 Å². The molecular formula is C8H10N2O2. The molecule has 0 aromatic carbocycles. The van der Waals surface area contributed by atoms with Crippen molar-refractivity contribution in [3.05, 3.63) is 0 Å². The zero-order valence-corrected chi connectivity index (χ0v) is 6.62. The predicted molar refractivity (Wildman–Crippen MR) is 39.5 cm³/mol. The molecular weight excluding hydrogens is 156 g/mol. The van der Waals surface area contributed by atoms with E-state index >= 15 is 0 Å². The molecule has 0 radical (unpaired) electrons. The van der Waals surface area contributed by atoms with Crippen molar-refractivity contribution in [1.82, 2.24) is 5.48 Å². The van der Waals surface area contributed by atoms with Gasteiger partial charge in [-0.15, -0.1) is 0 Å². The van der Waals surface area contributed by atoms with Crippen LogP contribution in [0.25, 0.3) is 0 Å². The summed E-state index contributed by atoms with van der Waals surface area (Å²) in [5, 5.41) is 8.67. The Balaban J connectivity index is 2.07. The lowest BCUT2D eigenvalue weighted by molar-refractivity contribution is -0.126. The standard InChI is InChI=1S/C8H10N2O2/c9-4-5-1-2-7-6(3-5)8(11)10-12-7/h5-7H,1-3H2,(H,10,11). The summed E-state index contributed by atoms with van der Waals surface area (Å²) in [6, 6.07) is 2.20. The van der Waals surface area contributed by atoms with Crippen molar-refractivity contribution < 1.29 is 9.63 Å². The summed E-state index contributed by atoms with van der Waals surface area (Å²) in [4.78, 5) is 16.2. The van der Waals surface area contributed by atoms with Crippen LogP contribution in [0, 0.1) is 23.2 Å². The molecule has 3 unspecified atom stereocenters. The lowest BCUT2D eigenvalue weighted by Gasteiger charge is -2.23. The molecule has 1 aliphatic carbocycles. The van der Waals surface area contributed by atoms with Crippen LogP contribution in [-0.4, -0.2) is 12.0 Å². The number of nitrogens with zero attached hydrogens (tertiary/aromatic N) is 1. The number of hydrogen-bond acceptors (Lipinski definition) is 3. The number of rotatable bonds is 0. The second-order valence-corrected chi connectivity index (χ2v) is 3.37. The molecule has 3 atom stereocenters. The summed E-state index contributed by atoms with van der Waals surface area (Å²) in [6.07, 6.45) is 2.35. The Morgan fingerprint density at radius 1 is 1.58 bits per heavy atom. The number of carbonyl (C=O) groups is 1. The molecule has 12 heavy (non-hydrogen) atoms. The molecule has 1 aliphatic heterocycles. The van der Waals surface area contributed by atoms with Crippen molar-refractivity contribution in [3.63, 3.8) is 0 Å². The summed E-state index contributed by atoms with van der Waals surface area (Å²) < 4.78 is 0. The minimum absolute atomic E-state index is 0.0158. The summed E-state index contributed by atoms with van der Waals surface area (Å²) in [5.41, 5.74) is 2.36. The van der Waals surface area contributed by atoms with Crippen LogP contribution in [0.1, 0.15) is 19.3 Å². The first-order valence-electron chi connectivity index (χ1n) is 4.16. The third-order valence-corrected chi connectivity index (χ3v) is 2.62. The second kappa shape index (κ2) is 2.76. The largest absolute Gasteiger partial charge is 0.272 e. The van der Waals surface area contributed by atoms with Gasteiger partial charge in [0.1, 0.15) is 0 Å². The molecule has 1 amide bonds. The molecule has 1 saturated carbocycles. The normalized spacial score (nSPS) is 39.9. The van der Waals surface area contributed by atoms with Crippen LogP contribution in [0.3, 0.4) is 0 Å². The topological polar surface area (TPSA) is 62.1 Å².